The van der Waals surface area contributed by atoms with Crippen molar-refractivity contribution in [3.8, 4) is 0 Å². The van der Waals surface area contributed by atoms with Crippen LogP contribution in [0.5, 0.6) is 0 Å². The summed E-state index contributed by atoms with van der Waals surface area (Å²) in [7, 11) is 1.59. The van der Waals surface area contributed by atoms with Crippen molar-refractivity contribution in [2.24, 2.45) is 0 Å². The summed E-state index contributed by atoms with van der Waals surface area (Å²) in [5, 5.41) is 6.05. The normalized spacial score (nSPS) is 11.2. The summed E-state index contributed by atoms with van der Waals surface area (Å²) in [6.07, 6.45) is 0. The zero-order valence-corrected chi connectivity index (χ0v) is 12.0. The number of carbonyl (C=O) groups excluding carboxylic acids is 1. The third-order valence-corrected chi connectivity index (χ3v) is 2.42. The first kappa shape index (κ1) is 15.3. The third kappa shape index (κ3) is 5.18. The van der Waals surface area contributed by atoms with Gasteiger partial charge in [-0.05, 0) is 39.0 Å². The van der Waals surface area contributed by atoms with Gasteiger partial charge in [-0.15, -0.1) is 0 Å². The van der Waals surface area contributed by atoms with Crippen LogP contribution in [0.2, 0.25) is 0 Å². The summed E-state index contributed by atoms with van der Waals surface area (Å²) in [4.78, 5) is 11.8. The molecule has 106 valence electrons. The van der Waals surface area contributed by atoms with Crippen molar-refractivity contribution in [3.05, 3.63) is 23.8 Å². The summed E-state index contributed by atoms with van der Waals surface area (Å²) in [5.41, 5.74) is 7.83. The maximum Gasteiger partial charge on any atom is 0.251 e. The van der Waals surface area contributed by atoms with E-state index in [1.807, 2.05) is 6.07 Å². The molecule has 0 aliphatic carbocycles. The molecule has 0 fully saturated rings. The van der Waals surface area contributed by atoms with E-state index in [4.69, 9.17) is 10.5 Å². The van der Waals surface area contributed by atoms with Crippen LogP contribution in [0.25, 0.3) is 0 Å². The van der Waals surface area contributed by atoms with Crippen molar-refractivity contribution in [1.82, 2.24) is 5.32 Å². The van der Waals surface area contributed by atoms with E-state index in [-0.39, 0.29) is 11.4 Å². The number of methoxy groups -OCH3 is 1. The van der Waals surface area contributed by atoms with Gasteiger partial charge in [-0.2, -0.15) is 0 Å². The van der Waals surface area contributed by atoms with Crippen LogP contribution in [0, 0.1) is 0 Å². The fourth-order valence-corrected chi connectivity index (χ4v) is 1.59. The minimum Gasteiger partial charge on any atom is -0.397 e. The standard InChI is InChI=1S/C14H23N3O2/c1-14(2,3)17-12-6-5-10(9-11(12)15)13(18)16-7-8-19-4/h5-6,9,17H,7-8,15H2,1-4H3,(H,16,18). The molecule has 5 nitrogen and oxygen atoms in total. The number of nitrogens with one attached hydrogen (secondary N) is 2. The molecule has 0 saturated carbocycles. The Morgan fingerprint density at radius 2 is 2.05 bits per heavy atom. The highest BCUT2D eigenvalue weighted by atomic mass is 16.5. The number of hydrogen-bond acceptors (Lipinski definition) is 4. The fraction of sp³-hybridized carbons (Fsp3) is 0.500. The Balaban J connectivity index is 2.73. The number of amides is 1. The number of benzene rings is 1. The van der Waals surface area contributed by atoms with Crippen LogP contribution in [-0.4, -0.2) is 31.7 Å². The van der Waals surface area contributed by atoms with E-state index in [0.717, 1.165) is 5.69 Å². The molecule has 0 aliphatic rings. The highest BCUT2D eigenvalue weighted by molar-refractivity contribution is 5.96. The van der Waals surface area contributed by atoms with Crippen molar-refractivity contribution in [2.45, 2.75) is 26.3 Å². The molecule has 1 rings (SSSR count). The Morgan fingerprint density at radius 3 is 2.58 bits per heavy atom. The molecular formula is C14H23N3O2. The minimum atomic E-state index is -0.147. The van der Waals surface area contributed by atoms with Crippen molar-refractivity contribution in [3.63, 3.8) is 0 Å². The van der Waals surface area contributed by atoms with Crippen LogP contribution in [-0.2, 0) is 4.74 Å². The monoisotopic (exact) mass is 265 g/mol. The fourth-order valence-electron chi connectivity index (χ4n) is 1.59. The number of carbonyl (C=O) groups is 1. The summed E-state index contributed by atoms with van der Waals surface area (Å²) in [5.74, 6) is -0.147. The van der Waals surface area contributed by atoms with E-state index in [1.54, 1.807) is 19.2 Å². The summed E-state index contributed by atoms with van der Waals surface area (Å²) < 4.78 is 4.88. The first-order chi connectivity index (χ1) is 8.83. The smallest absolute Gasteiger partial charge is 0.251 e. The summed E-state index contributed by atoms with van der Waals surface area (Å²) in [6, 6.07) is 5.26. The third-order valence-electron chi connectivity index (χ3n) is 2.42. The zero-order valence-electron chi connectivity index (χ0n) is 12.0. The topological polar surface area (TPSA) is 76.4 Å². The lowest BCUT2D eigenvalue weighted by molar-refractivity contribution is 0.0937. The molecule has 0 radical (unpaired) electrons. The van der Waals surface area contributed by atoms with Gasteiger partial charge in [-0.25, -0.2) is 0 Å². The molecule has 0 saturated heterocycles. The van der Waals surface area contributed by atoms with Crippen LogP contribution in [0.3, 0.4) is 0 Å². The van der Waals surface area contributed by atoms with Crippen LogP contribution in [0.1, 0.15) is 31.1 Å². The molecule has 1 aromatic rings. The molecule has 1 aromatic carbocycles. The zero-order chi connectivity index (χ0) is 14.5. The van der Waals surface area contributed by atoms with E-state index >= 15 is 0 Å². The Kier molecular flexibility index (Phi) is 5.18. The molecule has 0 bridgehead atoms. The predicted molar refractivity (Wildman–Crippen MR) is 78.4 cm³/mol. The van der Waals surface area contributed by atoms with Crippen LogP contribution >= 0.6 is 0 Å². The minimum absolute atomic E-state index is 0.0731. The molecule has 0 aliphatic heterocycles. The highest BCUT2D eigenvalue weighted by Gasteiger charge is 2.13. The molecule has 0 aromatic heterocycles. The van der Waals surface area contributed by atoms with Crippen molar-refractivity contribution in [2.75, 3.05) is 31.3 Å². The van der Waals surface area contributed by atoms with Crippen LogP contribution in [0.4, 0.5) is 11.4 Å². The SMILES string of the molecule is COCCNC(=O)c1ccc(NC(C)(C)C)c(N)c1. The second kappa shape index (κ2) is 6.43. The molecule has 19 heavy (non-hydrogen) atoms. The average Bonchev–Trinajstić information content (AvgIpc) is 2.30. The molecule has 1 amide bonds. The molecule has 5 heteroatoms. The Labute approximate surface area is 114 Å². The Hall–Kier alpha value is -1.75. The van der Waals surface area contributed by atoms with Gasteiger partial charge in [-0.3, -0.25) is 4.79 Å². The average molecular weight is 265 g/mol. The molecule has 0 heterocycles. The first-order valence-corrected chi connectivity index (χ1v) is 6.28. The van der Waals surface area contributed by atoms with Gasteiger partial charge < -0.3 is 21.1 Å². The van der Waals surface area contributed by atoms with Crippen molar-refractivity contribution < 1.29 is 9.53 Å². The Bertz CT molecular complexity index is 439. The Morgan fingerprint density at radius 1 is 1.37 bits per heavy atom. The van der Waals surface area contributed by atoms with E-state index in [0.29, 0.717) is 24.4 Å². The lowest BCUT2D eigenvalue weighted by atomic mass is 10.1. The largest absolute Gasteiger partial charge is 0.397 e. The van der Waals surface area contributed by atoms with Gasteiger partial charge in [-0.1, -0.05) is 0 Å². The lowest BCUT2D eigenvalue weighted by Gasteiger charge is -2.23. The molecule has 0 spiro atoms. The van der Waals surface area contributed by atoms with E-state index in [9.17, 15) is 4.79 Å². The number of nitrogen functional groups attached to an aromatic ring is 1. The number of hydrogen-bond donors (Lipinski definition) is 3. The molecule has 4 N–H and O–H groups in total. The van der Waals surface area contributed by atoms with E-state index in [1.165, 1.54) is 0 Å². The van der Waals surface area contributed by atoms with Gasteiger partial charge in [0.2, 0.25) is 0 Å². The lowest BCUT2D eigenvalue weighted by Crippen LogP contribution is -2.28. The van der Waals surface area contributed by atoms with Crippen molar-refractivity contribution >= 4 is 17.3 Å². The van der Waals surface area contributed by atoms with Crippen molar-refractivity contribution in [1.29, 1.82) is 0 Å². The number of nitrogens with two attached hydrogens (primary N) is 1. The maximum atomic E-state index is 11.8. The number of anilines is 2. The maximum absolute atomic E-state index is 11.8. The quantitative estimate of drug-likeness (QED) is 0.561. The summed E-state index contributed by atoms with van der Waals surface area (Å²) in [6.45, 7) is 7.13. The molecular weight excluding hydrogens is 242 g/mol. The molecule has 0 atom stereocenters. The van der Waals surface area contributed by atoms with Gasteiger partial charge in [0.1, 0.15) is 0 Å². The number of rotatable bonds is 5. The van der Waals surface area contributed by atoms with E-state index in [2.05, 4.69) is 31.4 Å². The number of ether oxygens (including phenoxy) is 1. The second-order valence-electron chi connectivity index (χ2n) is 5.43. The predicted octanol–water partition coefficient (Wildman–Crippen LogP) is 1.86. The van der Waals surface area contributed by atoms with Crippen LogP contribution in [0.15, 0.2) is 18.2 Å². The summed E-state index contributed by atoms with van der Waals surface area (Å²) >= 11 is 0. The molecule has 0 unspecified atom stereocenters. The van der Waals surface area contributed by atoms with Gasteiger partial charge in [0.25, 0.3) is 5.91 Å². The van der Waals surface area contributed by atoms with Gasteiger partial charge in [0, 0.05) is 24.8 Å². The highest BCUT2D eigenvalue weighted by Crippen LogP contribution is 2.23. The van der Waals surface area contributed by atoms with Gasteiger partial charge in [0.15, 0.2) is 0 Å². The van der Waals surface area contributed by atoms with Gasteiger partial charge in [0.05, 0.1) is 18.0 Å². The van der Waals surface area contributed by atoms with Gasteiger partial charge >= 0.3 is 0 Å². The second-order valence-corrected chi connectivity index (χ2v) is 5.43. The van der Waals surface area contributed by atoms with Crippen LogP contribution < -0.4 is 16.4 Å². The van der Waals surface area contributed by atoms with E-state index < -0.39 is 0 Å². The first-order valence-electron chi connectivity index (χ1n) is 6.28.